The molecule has 2 saturated carbocycles. The molecule has 1 saturated heterocycles. The number of H-pyrrole nitrogens is 1. The molecule has 12 heteroatoms. The lowest BCUT2D eigenvalue weighted by atomic mass is 10.0. The van der Waals surface area contributed by atoms with Gasteiger partial charge in [0.05, 0.1) is 18.9 Å². The van der Waals surface area contributed by atoms with Crippen molar-refractivity contribution in [3.63, 3.8) is 0 Å². The van der Waals surface area contributed by atoms with E-state index in [4.69, 9.17) is 14.5 Å². The topological polar surface area (TPSA) is 122 Å². The summed E-state index contributed by atoms with van der Waals surface area (Å²) < 4.78 is 27.9. The second-order valence-electron chi connectivity index (χ2n) is 10.2. The van der Waals surface area contributed by atoms with E-state index in [0.717, 1.165) is 57.0 Å². The van der Waals surface area contributed by atoms with E-state index < -0.39 is 24.3 Å². The Bertz CT molecular complexity index is 1240. The fourth-order valence-corrected chi connectivity index (χ4v) is 4.93. The molecule has 3 aromatic heterocycles. The first kappa shape index (κ1) is 23.2. The Balaban J connectivity index is 1.11. The Hall–Kier alpha value is -3.25. The summed E-state index contributed by atoms with van der Waals surface area (Å²) in [5.74, 6) is 0.685. The number of morpholine rings is 1. The standard InChI is InChI=1S/C24H31FN8O3/c1-24(5-6-24)29-23(34)36-18-3-2-16(21(18)25)17-12-19(31-30-17)28-22-26-7-4-20-27-15(14-33(20)22)13-32-8-10-35-11-9-32/h4,7,12,14,16,18,21H,2-3,5-6,8-11,13H2,1H3,(H,29,34)(H2,26,28,30,31)/t16-,18-,21-/m1/s1. The lowest BCUT2D eigenvalue weighted by Gasteiger charge is -2.25. The number of alkyl halides is 1. The number of fused-ring (bicyclic) bond motifs is 1. The van der Waals surface area contributed by atoms with Gasteiger partial charge in [-0.15, -0.1) is 0 Å². The summed E-state index contributed by atoms with van der Waals surface area (Å²) in [4.78, 5) is 23.6. The molecule has 0 bridgehead atoms. The molecular weight excluding hydrogens is 467 g/mol. The predicted octanol–water partition coefficient (Wildman–Crippen LogP) is 2.89. The van der Waals surface area contributed by atoms with Crippen LogP contribution in [-0.2, 0) is 16.0 Å². The number of anilines is 2. The van der Waals surface area contributed by atoms with Crippen molar-refractivity contribution in [2.75, 3.05) is 31.6 Å². The van der Waals surface area contributed by atoms with E-state index in [1.54, 1.807) is 12.3 Å². The number of halogens is 1. The Morgan fingerprint density at radius 1 is 1.33 bits per heavy atom. The van der Waals surface area contributed by atoms with Crippen molar-refractivity contribution < 1.29 is 18.7 Å². The number of aromatic nitrogens is 5. The molecule has 3 aromatic rings. The molecule has 0 radical (unpaired) electrons. The van der Waals surface area contributed by atoms with Crippen LogP contribution in [-0.4, -0.2) is 79.7 Å². The van der Waals surface area contributed by atoms with Crippen molar-refractivity contribution in [3.8, 4) is 0 Å². The first-order valence-electron chi connectivity index (χ1n) is 12.5. The molecule has 1 amide bonds. The number of alkyl carbamates (subject to hydrolysis) is 1. The zero-order chi connectivity index (χ0) is 24.7. The minimum atomic E-state index is -1.30. The normalized spacial score (nSPS) is 25.7. The van der Waals surface area contributed by atoms with Crippen molar-refractivity contribution in [3.05, 3.63) is 35.9 Å². The van der Waals surface area contributed by atoms with E-state index in [2.05, 4.69) is 30.7 Å². The highest BCUT2D eigenvalue weighted by atomic mass is 19.1. The molecule has 1 aliphatic heterocycles. The van der Waals surface area contributed by atoms with E-state index in [1.165, 1.54) is 0 Å². The van der Waals surface area contributed by atoms with Crippen molar-refractivity contribution in [1.29, 1.82) is 0 Å². The van der Waals surface area contributed by atoms with Crippen molar-refractivity contribution in [2.45, 2.75) is 62.9 Å². The Morgan fingerprint density at radius 3 is 2.97 bits per heavy atom. The summed E-state index contributed by atoms with van der Waals surface area (Å²) in [6.45, 7) is 5.96. The second-order valence-corrected chi connectivity index (χ2v) is 10.2. The number of imidazole rings is 1. The smallest absolute Gasteiger partial charge is 0.407 e. The van der Waals surface area contributed by atoms with Crippen LogP contribution in [0.4, 0.5) is 21.0 Å². The van der Waals surface area contributed by atoms with Gasteiger partial charge in [0.2, 0.25) is 5.95 Å². The van der Waals surface area contributed by atoms with Crippen LogP contribution in [0.2, 0.25) is 0 Å². The molecule has 3 fully saturated rings. The maximum Gasteiger partial charge on any atom is 0.407 e. The molecule has 6 rings (SSSR count). The summed E-state index contributed by atoms with van der Waals surface area (Å²) >= 11 is 0. The highest BCUT2D eigenvalue weighted by molar-refractivity contribution is 5.69. The van der Waals surface area contributed by atoms with E-state index >= 15 is 4.39 Å². The zero-order valence-electron chi connectivity index (χ0n) is 20.2. The first-order valence-corrected chi connectivity index (χ1v) is 12.5. The number of hydrogen-bond donors (Lipinski definition) is 3. The van der Waals surface area contributed by atoms with Gasteiger partial charge in [-0.25, -0.2) is 19.2 Å². The van der Waals surface area contributed by atoms with Gasteiger partial charge in [-0.1, -0.05) is 0 Å². The summed E-state index contributed by atoms with van der Waals surface area (Å²) in [5.41, 5.74) is 2.20. The molecule has 192 valence electrons. The number of nitrogens with one attached hydrogen (secondary N) is 3. The van der Waals surface area contributed by atoms with E-state index in [-0.39, 0.29) is 5.54 Å². The Morgan fingerprint density at radius 2 is 2.17 bits per heavy atom. The van der Waals surface area contributed by atoms with Crippen molar-refractivity contribution >= 4 is 23.5 Å². The van der Waals surface area contributed by atoms with Gasteiger partial charge in [0, 0.05) is 55.2 Å². The highest BCUT2D eigenvalue weighted by Crippen LogP contribution is 2.39. The number of carbonyl (C=O) groups excluding carboxylic acids is 1. The lowest BCUT2D eigenvalue weighted by molar-refractivity contribution is 0.0337. The van der Waals surface area contributed by atoms with Crippen LogP contribution in [0.15, 0.2) is 24.5 Å². The van der Waals surface area contributed by atoms with Gasteiger partial charge >= 0.3 is 6.09 Å². The molecule has 0 spiro atoms. The zero-order valence-corrected chi connectivity index (χ0v) is 20.2. The van der Waals surface area contributed by atoms with Gasteiger partial charge in [-0.3, -0.25) is 14.4 Å². The van der Waals surface area contributed by atoms with E-state index in [9.17, 15) is 4.79 Å². The van der Waals surface area contributed by atoms with Crippen molar-refractivity contribution in [1.82, 2.24) is 34.8 Å². The Labute approximate surface area is 207 Å². The number of hydrogen-bond acceptors (Lipinski definition) is 8. The third kappa shape index (κ3) is 4.87. The van der Waals surface area contributed by atoms with Crippen LogP contribution in [0, 0.1) is 0 Å². The van der Waals surface area contributed by atoms with Gasteiger partial charge in [-0.05, 0) is 38.7 Å². The molecule has 3 aliphatic rings. The molecular formula is C24H31FN8O3. The fourth-order valence-electron chi connectivity index (χ4n) is 4.93. The first-order chi connectivity index (χ1) is 17.5. The minimum absolute atomic E-state index is 0.194. The minimum Gasteiger partial charge on any atom is -0.443 e. The van der Waals surface area contributed by atoms with Crippen LogP contribution in [0.3, 0.4) is 0 Å². The molecule has 3 atom stereocenters. The molecule has 0 unspecified atom stereocenters. The molecule has 0 aromatic carbocycles. The molecule has 4 heterocycles. The van der Waals surface area contributed by atoms with Gasteiger partial charge in [0.25, 0.3) is 0 Å². The summed E-state index contributed by atoms with van der Waals surface area (Å²) in [6, 6.07) is 3.65. The summed E-state index contributed by atoms with van der Waals surface area (Å²) in [7, 11) is 0. The van der Waals surface area contributed by atoms with Crippen LogP contribution < -0.4 is 10.6 Å². The number of amides is 1. The van der Waals surface area contributed by atoms with Gasteiger partial charge in [0.15, 0.2) is 5.82 Å². The predicted molar refractivity (Wildman–Crippen MR) is 129 cm³/mol. The maximum absolute atomic E-state index is 15.2. The van der Waals surface area contributed by atoms with Crippen molar-refractivity contribution in [2.24, 2.45) is 0 Å². The monoisotopic (exact) mass is 498 g/mol. The second kappa shape index (κ2) is 9.32. The summed E-state index contributed by atoms with van der Waals surface area (Å²) in [5, 5.41) is 13.3. The van der Waals surface area contributed by atoms with Gasteiger partial charge in [0.1, 0.15) is 17.9 Å². The molecule has 11 nitrogen and oxygen atoms in total. The average Bonchev–Trinajstić information content (AvgIpc) is 3.20. The van der Waals surface area contributed by atoms with Crippen LogP contribution >= 0.6 is 0 Å². The number of carbonyl (C=O) groups is 1. The highest BCUT2D eigenvalue weighted by Gasteiger charge is 2.43. The Kier molecular flexibility index (Phi) is 6.00. The largest absolute Gasteiger partial charge is 0.443 e. The third-order valence-electron chi connectivity index (χ3n) is 7.32. The average molecular weight is 499 g/mol. The van der Waals surface area contributed by atoms with Crippen LogP contribution in [0.5, 0.6) is 0 Å². The van der Waals surface area contributed by atoms with E-state index in [0.29, 0.717) is 30.3 Å². The molecule has 2 aliphatic carbocycles. The van der Waals surface area contributed by atoms with Gasteiger partial charge in [-0.2, -0.15) is 5.10 Å². The quantitative estimate of drug-likeness (QED) is 0.455. The number of aromatic amines is 1. The number of ether oxygens (including phenoxy) is 2. The summed E-state index contributed by atoms with van der Waals surface area (Å²) in [6.07, 6.45) is 3.96. The van der Waals surface area contributed by atoms with Crippen LogP contribution in [0.25, 0.3) is 5.65 Å². The fraction of sp³-hybridized carbons (Fsp3) is 0.583. The lowest BCUT2D eigenvalue weighted by Crippen LogP contribution is -2.38. The van der Waals surface area contributed by atoms with Crippen LogP contribution in [0.1, 0.15) is 49.9 Å². The third-order valence-corrected chi connectivity index (χ3v) is 7.32. The number of nitrogens with zero attached hydrogens (tertiary/aromatic N) is 5. The maximum atomic E-state index is 15.2. The van der Waals surface area contributed by atoms with Gasteiger partial charge < -0.3 is 20.1 Å². The molecule has 3 N–H and O–H groups in total. The SMILES string of the molecule is CC1(NC(=O)O[C@@H]2CC[C@H](c3cc(Nc4nccc5nc(CN6CCOCC6)cn45)n[nH]3)[C@H]2F)CC1. The number of rotatable bonds is 7. The molecule has 36 heavy (non-hydrogen) atoms. The van der Waals surface area contributed by atoms with E-state index in [1.807, 2.05) is 23.6 Å².